The van der Waals surface area contributed by atoms with E-state index in [0.717, 1.165) is 31.7 Å². The van der Waals surface area contributed by atoms with Crippen LogP contribution in [-0.4, -0.2) is 19.7 Å². The van der Waals surface area contributed by atoms with Crippen molar-refractivity contribution < 1.29 is 4.74 Å². The molecule has 3 aromatic carbocycles. The summed E-state index contributed by atoms with van der Waals surface area (Å²) in [5.41, 5.74) is 6.58. The molecule has 3 heteroatoms. The fourth-order valence-corrected chi connectivity index (χ4v) is 5.40. The molecule has 3 nitrogen and oxygen atoms in total. The van der Waals surface area contributed by atoms with E-state index in [-0.39, 0.29) is 0 Å². The van der Waals surface area contributed by atoms with E-state index in [1.807, 2.05) is 0 Å². The molecule has 0 bridgehead atoms. The van der Waals surface area contributed by atoms with Crippen LogP contribution in [0.2, 0.25) is 0 Å². The molecule has 0 saturated heterocycles. The molecule has 1 heterocycles. The fraction of sp³-hybridized carbons (Fsp3) is 0.333. The highest BCUT2D eigenvalue weighted by atomic mass is 16.5. The van der Waals surface area contributed by atoms with Gasteiger partial charge in [-0.15, -0.1) is 0 Å². The van der Waals surface area contributed by atoms with Crippen molar-refractivity contribution in [1.82, 2.24) is 0 Å². The summed E-state index contributed by atoms with van der Waals surface area (Å²) in [6.45, 7) is 7.20. The van der Waals surface area contributed by atoms with Gasteiger partial charge in [-0.1, -0.05) is 54.6 Å². The molecule has 0 amide bonds. The molecule has 1 aliphatic heterocycles. The summed E-state index contributed by atoms with van der Waals surface area (Å²) in [7, 11) is 0. The molecule has 0 spiro atoms. The molecule has 2 aliphatic rings. The molecule has 3 atom stereocenters. The van der Waals surface area contributed by atoms with Gasteiger partial charge in [0.15, 0.2) is 0 Å². The number of nitrogens with zero attached hydrogens (tertiary/aromatic N) is 1. The lowest BCUT2D eigenvalue weighted by Gasteiger charge is -2.38. The number of rotatable bonds is 8. The van der Waals surface area contributed by atoms with Crippen LogP contribution in [0.3, 0.4) is 0 Å². The zero-order chi connectivity index (χ0) is 22.6. The molecule has 5 rings (SSSR count). The predicted molar refractivity (Wildman–Crippen MR) is 138 cm³/mol. The average molecular weight is 439 g/mol. The summed E-state index contributed by atoms with van der Waals surface area (Å²) in [6, 6.07) is 26.6. The zero-order valence-corrected chi connectivity index (χ0v) is 19.7. The Labute approximate surface area is 198 Å². The molecule has 170 valence electrons. The van der Waals surface area contributed by atoms with E-state index < -0.39 is 0 Å². The number of fused-ring (bicyclic) bond motifs is 3. The highest BCUT2D eigenvalue weighted by Gasteiger charge is 2.38. The Morgan fingerprint density at radius 3 is 2.48 bits per heavy atom. The average Bonchev–Trinajstić information content (AvgIpc) is 3.36. The monoisotopic (exact) mass is 438 g/mol. The maximum atomic E-state index is 6.14. The molecular weight excluding hydrogens is 404 g/mol. The third-order valence-corrected chi connectivity index (χ3v) is 7.22. The summed E-state index contributed by atoms with van der Waals surface area (Å²) in [5, 5.41) is 3.86. The van der Waals surface area contributed by atoms with Gasteiger partial charge in [-0.25, -0.2) is 0 Å². The van der Waals surface area contributed by atoms with Crippen molar-refractivity contribution in [2.24, 2.45) is 5.92 Å². The van der Waals surface area contributed by atoms with Gasteiger partial charge in [-0.2, -0.15) is 0 Å². The quantitative estimate of drug-likeness (QED) is 0.384. The van der Waals surface area contributed by atoms with Gasteiger partial charge in [-0.3, -0.25) is 0 Å². The SMILES string of the molecule is CCN(CC)c1ccc(C2Nc3ccc(OCCc4ccccc4)cc3C3C=CCC32)cc1. The Bertz CT molecular complexity index is 1090. The van der Waals surface area contributed by atoms with Crippen molar-refractivity contribution in [3.63, 3.8) is 0 Å². The van der Waals surface area contributed by atoms with E-state index in [9.17, 15) is 0 Å². The first-order valence-corrected chi connectivity index (χ1v) is 12.4. The van der Waals surface area contributed by atoms with Crippen LogP contribution in [0, 0.1) is 5.92 Å². The lowest BCUT2D eigenvalue weighted by atomic mass is 9.77. The van der Waals surface area contributed by atoms with Crippen LogP contribution in [0.5, 0.6) is 5.75 Å². The number of benzene rings is 3. The maximum absolute atomic E-state index is 6.14. The molecule has 1 aliphatic carbocycles. The van der Waals surface area contributed by atoms with E-state index in [2.05, 4.69) is 109 Å². The van der Waals surface area contributed by atoms with E-state index in [0.29, 0.717) is 24.5 Å². The van der Waals surface area contributed by atoms with Crippen molar-refractivity contribution in [2.75, 3.05) is 29.9 Å². The van der Waals surface area contributed by atoms with Crippen molar-refractivity contribution in [1.29, 1.82) is 0 Å². The first-order chi connectivity index (χ1) is 16.3. The molecule has 0 saturated carbocycles. The number of hydrogen-bond acceptors (Lipinski definition) is 3. The number of hydrogen-bond donors (Lipinski definition) is 1. The smallest absolute Gasteiger partial charge is 0.119 e. The zero-order valence-electron chi connectivity index (χ0n) is 19.7. The topological polar surface area (TPSA) is 24.5 Å². The lowest BCUT2D eigenvalue weighted by Crippen LogP contribution is -2.29. The summed E-state index contributed by atoms with van der Waals surface area (Å²) in [4.78, 5) is 2.40. The Balaban J connectivity index is 1.32. The molecule has 3 unspecified atom stereocenters. The molecule has 33 heavy (non-hydrogen) atoms. The van der Waals surface area contributed by atoms with Gasteiger partial charge >= 0.3 is 0 Å². The standard InChI is InChI=1S/C30H34N2O/c1-3-32(4-2)24-15-13-23(14-16-24)30-27-12-8-11-26(27)28-21-25(17-18-29(28)31-30)33-20-19-22-9-6-5-7-10-22/h5-11,13-18,21,26-27,30-31H,3-4,12,19-20H2,1-2H3. The van der Waals surface area contributed by atoms with Gasteiger partial charge in [0.2, 0.25) is 0 Å². The number of ether oxygens (including phenoxy) is 1. The third-order valence-electron chi connectivity index (χ3n) is 7.22. The van der Waals surface area contributed by atoms with Crippen LogP contribution >= 0.6 is 0 Å². The molecular formula is C30H34N2O. The molecule has 0 fully saturated rings. The minimum absolute atomic E-state index is 0.327. The van der Waals surface area contributed by atoms with Crippen LogP contribution in [0.1, 0.15) is 48.9 Å². The van der Waals surface area contributed by atoms with E-state index in [1.165, 1.54) is 28.1 Å². The Kier molecular flexibility index (Phi) is 6.39. The summed E-state index contributed by atoms with van der Waals surface area (Å²) in [6.07, 6.45) is 6.79. The van der Waals surface area contributed by atoms with Crippen LogP contribution in [0.4, 0.5) is 11.4 Å². The number of anilines is 2. The first kappa shape index (κ1) is 21.6. The second-order valence-corrected chi connectivity index (χ2v) is 9.07. The van der Waals surface area contributed by atoms with Gasteiger partial charge in [0.25, 0.3) is 0 Å². The Morgan fingerprint density at radius 1 is 0.939 bits per heavy atom. The highest BCUT2D eigenvalue weighted by Crippen LogP contribution is 2.50. The number of allylic oxidation sites excluding steroid dienone is 2. The lowest BCUT2D eigenvalue weighted by molar-refractivity contribution is 0.320. The van der Waals surface area contributed by atoms with Gasteiger partial charge in [-0.05, 0) is 73.2 Å². The first-order valence-electron chi connectivity index (χ1n) is 12.4. The minimum atomic E-state index is 0.327. The highest BCUT2D eigenvalue weighted by molar-refractivity contribution is 5.62. The van der Waals surface area contributed by atoms with Crippen LogP contribution in [-0.2, 0) is 6.42 Å². The van der Waals surface area contributed by atoms with E-state index in [1.54, 1.807) is 0 Å². The van der Waals surface area contributed by atoms with Gasteiger partial charge in [0.1, 0.15) is 5.75 Å². The normalized spacial score (nSPS) is 20.6. The van der Waals surface area contributed by atoms with Crippen molar-refractivity contribution >= 4 is 11.4 Å². The molecule has 0 radical (unpaired) electrons. The van der Waals surface area contributed by atoms with Crippen LogP contribution < -0.4 is 15.0 Å². The summed E-state index contributed by atoms with van der Waals surface area (Å²) >= 11 is 0. The number of nitrogens with one attached hydrogen (secondary N) is 1. The van der Waals surface area contributed by atoms with Crippen molar-refractivity contribution in [3.8, 4) is 5.75 Å². The largest absolute Gasteiger partial charge is 0.493 e. The van der Waals surface area contributed by atoms with Crippen molar-refractivity contribution in [2.45, 2.75) is 38.6 Å². The fourth-order valence-electron chi connectivity index (χ4n) is 5.40. The van der Waals surface area contributed by atoms with Crippen LogP contribution in [0.25, 0.3) is 0 Å². The van der Waals surface area contributed by atoms with Crippen molar-refractivity contribution in [3.05, 3.63) is 102 Å². The minimum Gasteiger partial charge on any atom is -0.493 e. The van der Waals surface area contributed by atoms with E-state index in [4.69, 9.17) is 4.74 Å². The van der Waals surface area contributed by atoms with Gasteiger partial charge < -0.3 is 15.0 Å². The predicted octanol–water partition coefficient (Wildman–Crippen LogP) is 6.98. The Hall–Kier alpha value is -3.20. The van der Waals surface area contributed by atoms with E-state index >= 15 is 0 Å². The molecule has 0 aromatic heterocycles. The summed E-state index contributed by atoms with van der Waals surface area (Å²) in [5.74, 6) is 1.94. The molecule has 3 aromatic rings. The third kappa shape index (κ3) is 4.50. The van der Waals surface area contributed by atoms with Gasteiger partial charge in [0, 0.05) is 36.8 Å². The summed E-state index contributed by atoms with van der Waals surface area (Å²) < 4.78 is 6.14. The van der Waals surface area contributed by atoms with Gasteiger partial charge in [0.05, 0.1) is 12.6 Å². The Morgan fingerprint density at radius 2 is 1.73 bits per heavy atom. The second kappa shape index (κ2) is 9.74. The molecule has 1 N–H and O–H groups in total. The van der Waals surface area contributed by atoms with Crippen LogP contribution in [0.15, 0.2) is 84.9 Å². The second-order valence-electron chi connectivity index (χ2n) is 9.07. The maximum Gasteiger partial charge on any atom is 0.119 e.